The first-order valence-corrected chi connectivity index (χ1v) is 6.19. The molecule has 0 saturated heterocycles. The van der Waals surface area contributed by atoms with Crippen molar-refractivity contribution < 1.29 is 9.53 Å². The Hall–Kier alpha value is -2.69. The van der Waals surface area contributed by atoms with Crippen molar-refractivity contribution in [3.63, 3.8) is 0 Å². The summed E-state index contributed by atoms with van der Waals surface area (Å²) in [6.07, 6.45) is 1.62. The number of pyridine rings is 1. The van der Waals surface area contributed by atoms with Gasteiger partial charge in [0.25, 0.3) is 0 Å². The Morgan fingerprint density at radius 2 is 2.10 bits per heavy atom. The lowest BCUT2D eigenvalue weighted by molar-refractivity contribution is 0.0600. The Balaban J connectivity index is 2.09. The molecule has 0 bridgehead atoms. The molecule has 0 unspecified atom stereocenters. The first-order valence-electron chi connectivity index (χ1n) is 6.19. The highest BCUT2D eigenvalue weighted by Crippen LogP contribution is 2.17. The molecule has 5 nitrogen and oxygen atoms in total. The minimum absolute atomic E-state index is 0.389. The third-order valence-corrected chi connectivity index (χ3v) is 3.03. The van der Waals surface area contributed by atoms with Crippen molar-refractivity contribution in [2.24, 2.45) is 0 Å². The highest BCUT2D eigenvalue weighted by atomic mass is 16.5. The fourth-order valence-electron chi connectivity index (χ4n) is 2.03. The Bertz CT molecular complexity index is 793. The van der Waals surface area contributed by atoms with Gasteiger partial charge in [0.05, 0.1) is 12.7 Å². The monoisotopic (exact) mass is 267 g/mol. The van der Waals surface area contributed by atoms with Crippen LogP contribution in [0, 0.1) is 6.92 Å². The summed E-state index contributed by atoms with van der Waals surface area (Å²) in [6, 6.07) is 11.4. The van der Waals surface area contributed by atoms with Gasteiger partial charge in [0.1, 0.15) is 0 Å². The van der Waals surface area contributed by atoms with E-state index < -0.39 is 0 Å². The number of carbonyl (C=O) groups excluding carboxylic acids is 1. The molecule has 2 heterocycles. The van der Waals surface area contributed by atoms with Crippen LogP contribution >= 0.6 is 0 Å². The van der Waals surface area contributed by atoms with Crippen molar-refractivity contribution in [2.45, 2.75) is 6.92 Å². The molecule has 0 fully saturated rings. The van der Waals surface area contributed by atoms with E-state index in [0.717, 1.165) is 11.1 Å². The number of hydrogen-bond donors (Lipinski definition) is 0. The van der Waals surface area contributed by atoms with Crippen LogP contribution in [0.5, 0.6) is 0 Å². The van der Waals surface area contributed by atoms with E-state index in [1.165, 1.54) is 7.11 Å². The molecule has 1 aromatic carbocycles. The van der Waals surface area contributed by atoms with Crippen LogP contribution in [-0.2, 0) is 4.74 Å². The van der Waals surface area contributed by atoms with Gasteiger partial charge in [-0.3, -0.25) is 0 Å². The first-order chi connectivity index (χ1) is 9.67. The largest absolute Gasteiger partial charge is 0.465 e. The first kappa shape index (κ1) is 12.3. The fraction of sp³-hybridized carbons (Fsp3) is 0.133. The van der Waals surface area contributed by atoms with E-state index in [4.69, 9.17) is 4.74 Å². The second kappa shape index (κ2) is 4.77. The molecule has 0 atom stereocenters. The lowest BCUT2D eigenvalue weighted by atomic mass is 10.1. The molecule has 5 heteroatoms. The molecule has 0 aliphatic heterocycles. The quantitative estimate of drug-likeness (QED) is 0.669. The number of hydrogen-bond acceptors (Lipinski definition) is 4. The highest BCUT2D eigenvalue weighted by Gasteiger charge is 2.10. The molecular formula is C15H13N3O2. The molecule has 100 valence electrons. The van der Waals surface area contributed by atoms with E-state index in [-0.39, 0.29) is 5.97 Å². The Morgan fingerprint density at radius 3 is 2.85 bits per heavy atom. The second-order valence-electron chi connectivity index (χ2n) is 4.52. The Morgan fingerprint density at radius 1 is 1.25 bits per heavy atom. The molecular weight excluding hydrogens is 254 g/mol. The predicted molar refractivity (Wildman–Crippen MR) is 74.5 cm³/mol. The van der Waals surface area contributed by atoms with Gasteiger partial charge in [-0.15, -0.1) is 5.10 Å². The summed E-state index contributed by atoms with van der Waals surface area (Å²) in [4.78, 5) is 15.9. The minimum atomic E-state index is -0.389. The number of nitrogens with zero attached hydrogens (tertiary/aromatic N) is 3. The maximum Gasteiger partial charge on any atom is 0.339 e. The van der Waals surface area contributed by atoms with Crippen LogP contribution in [0.25, 0.3) is 17.0 Å². The fourth-order valence-corrected chi connectivity index (χ4v) is 2.03. The Labute approximate surface area is 115 Å². The summed E-state index contributed by atoms with van der Waals surface area (Å²) in [5, 5.41) is 4.40. The van der Waals surface area contributed by atoms with Gasteiger partial charge < -0.3 is 4.74 Å². The normalized spacial score (nSPS) is 10.7. The number of aryl methyl sites for hydroxylation is 1. The zero-order valence-corrected chi connectivity index (χ0v) is 11.2. The highest BCUT2D eigenvalue weighted by molar-refractivity contribution is 5.89. The zero-order valence-electron chi connectivity index (χ0n) is 11.2. The maximum absolute atomic E-state index is 11.5. The van der Waals surface area contributed by atoms with Crippen LogP contribution in [0.1, 0.15) is 15.9 Å². The van der Waals surface area contributed by atoms with E-state index >= 15 is 0 Å². The summed E-state index contributed by atoms with van der Waals surface area (Å²) in [7, 11) is 1.35. The standard InChI is InChI=1S/C15H13N3O2/c1-10-4-3-5-11(8-10)14-16-13-7-6-12(15(19)20-2)9-18(13)17-14/h3-9H,1-2H3. The molecule has 0 aliphatic rings. The molecule has 0 amide bonds. The van der Waals surface area contributed by atoms with Gasteiger partial charge in [-0.1, -0.05) is 23.8 Å². The third kappa shape index (κ3) is 2.14. The summed E-state index contributed by atoms with van der Waals surface area (Å²) in [6.45, 7) is 2.02. The van der Waals surface area contributed by atoms with E-state index in [1.54, 1.807) is 22.8 Å². The van der Waals surface area contributed by atoms with Crippen LogP contribution in [0.2, 0.25) is 0 Å². The lowest BCUT2D eigenvalue weighted by Gasteiger charge is -1.98. The molecule has 0 N–H and O–H groups in total. The molecule has 3 rings (SSSR count). The van der Waals surface area contributed by atoms with Gasteiger partial charge in [-0.25, -0.2) is 14.3 Å². The van der Waals surface area contributed by atoms with Crippen molar-refractivity contribution in [1.29, 1.82) is 0 Å². The summed E-state index contributed by atoms with van der Waals surface area (Å²) < 4.78 is 6.28. The van der Waals surface area contributed by atoms with Crippen molar-refractivity contribution in [1.82, 2.24) is 14.6 Å². The van der Waals surface area contributed by atoms with Gasteiger partial charge in [0.2, 0.25) is 0 Å². The number of carbonyl (C=O) groups is 1. The number of fused-ring (bicyclic) bond motifs is 1. The molecule has 3 aromatic rings. The van der Waals surface area contributed by atoms with Crippen LogP contribution < -0.4 is 0 Å². The van der Waals surface area contributed by atoms with Crippen molar-refractivity contribution >= 4 is 11.6 Å². The summed E-state index contributed by atoms with van der Waals surface area (Å²) in [5.41, 5.74) is 3.24. The number of methoxy groups -OCH3 is 1. The van der Waals surface area contributed by atoms with Crippen LogP contribution in [0.15, 0.2) is 42.6 Å². The average Bonchev–Trinajstić information content (AvgIpc) is 2.89. The molecule has 0 radical (unpaired) electrons. The molecule has 20 heavy (non-hydrogen) atoms. The number of aromatic nitrogens is 3. The third-order valence-electron chi connectivity index (χ3n) is 3.03. The van der Waals surface area contributed by atoms with Crippen molar-refractivity contribution in [3.05, 3.63) is 53.7 Å². The number of esters is 1. The lowest BCUT2D eigenvalue weighted by Crippen LogP contribution is -2.03. The summed E-state index contributed by atoms with van der Waals surface area (Å²) >= 11 is 0. The second-order valence-corrected chi connectivity index (χ2v) is 4.52. The van der Waals surface area contributed by atoms with Crippen molar-refractivity contribution in [3.8, 4) is 11.4 Å². The van der Waals surface area contributed by atoms with Crippen LogP contribution in [0.4, 0.5) is 0 Å². The van der Waals surface area contributed by atoms with E-state index in [1.807, 2.05) is 31.2 Å². The molecule has 2 aromatic heterocycles. The molecule has 0 aliphatic carbocycles. The predicted octanol–water partition coefficient (Wildman–Crippen LogP) is 2.49. The molecule has 0 spiro atoms. The van der Waals surface area contributed by atoms with E-state index in [9.17, 15) is 4.79 Å². The van der Waals surface area contributed by atoms with Crippen LogP contribution in [-0.4, -0.2) is 27.7 Å². The summed E-state index contributed by atoms with van der Waals surface area (Å²) in [5.74, 6) is 0.246. The van der Waals surface area contributed by atoms with E-state index in [0.29, 0.717) is 17.0 Å². The average molecular weight is 267 g/mol. The van der Waals surface area contributed by atoms with Crippen molar-refractivity contribution in [2.75, 3.05) is 7.11 Å². The van der Waals surface area contributed by atoms with E-state index in [2.05, 4.69) is 10.1 Å². The Kier molecular flexibility index (Phi) is 2.95. The van der Waals surface area contributed by atoms with Gasteiger partial charge in [-0.2, -0.15) is 0 Å². The van der Waals surface area contributed by atoms with Gasteiger partial charge >= 0.3 is 5.97 Å². The number of benzene rings is 1. The number of ether oxygens (including phenoxy) is 1. The smallest absolute Gasteiger partial charge is 0.339 e. The minimum Gasteiger partial charge on any atom is -0.465 e. The van der Waals surface area contributed by atoms with Crippen LogP contribution in [0.3, 0.4) is 0 Å². The van der Waals surface area contributed by atoms with Gasteiger partial charge in [0, 0.05) is 11.8 Å². The SMILES string of the molecule is COC(=O)c1ccc2nc(-c3cccc(C)c3)nn2c1. The molecule has 0 saturated carbocycles. The maximum atomic E-state index is 11.5. The van der Waals surface area contributed by atoms with Gasteiger partial charge in [0.15, 0.2) is 11.5 Å². The van der Waals surface area contributed by atoms with Gasteiger partial charge in [-0.05, 0) is 25.1 Å². The zero-order chi connectivity index (χ0) is 14.1. The topological polar surface area (TPSA) is 56.5 Å². The number of rotatable bonds is 2.